The fourth-order valence-corrected chi connectivity index (χ4v) is 4.13. The molecule has 0 bridgehead atoms. The van der Waals surface area contributed by atoms with Gasteiger partial charge in [-0.2, -0.15) is 0 Å². The van der Waals surface area contributed by atoms with Crippen molar-refractivity contribution in [1.29, 1.82) is 0 Å². The van der Waals surface area contributed by atoms with Gasteiger partial charge in [-0.15, -0.1) is 5.10 Å². The van der Waals surface area contributed by atoms with E-state index in [9.17, 15) is 9.59 Å². The van der Waals surface area contributed by atoms with E-state index in [4.69, 9.17) is 16.0 Å². The molecule has 0 spiro atoms. The molecule has 0 fully saturated rings. The third-order valence-corrected chi connectivity index (χ3v) is 5.81. The zero-order chi connectivity index (χ0) is 21.1. The lowest BCUT2D eigenvalue weighted by atomic mass is 10.1. The molecule has 3 heterocycles. The number of furan rings is 1. The Kier molecular flexibility index (Phi) is 6.01. The molecule has 0 aliphatic carbocycles. The molecule has 156 valence electrons. The number of benzene rings is 1. The molecule has 0 unspecified atom stereocenters. The van der Waals surface area contributed by atoms with Gasteiger partial charge in [0.15, 0.2) is 5.16 Å². The first kappa shape index (κ1) is 20.4. The van der Waals surface area contributed by atoms with E-state index in [0.717, 1.165) is 17.7 Å². The summed E-state index contributed by atoms with van der Waals surface area (Å²) in [6, 6.07) is 10.6. The van der Waals surface area contributed by atoms with Gasteiger partial charge in [0.25, 0.3) is 5.91 Å². The molecular formula is C20H20ClN5O3S. The van der Waals surface area contributed by atoms with E-state index in [-0.39, 0.29) is 17.3 Å². The monoisotopic (exact) mass is 445 g/mol. The number of carbonyl (C=O) groups is 1. The largest absolute Gasteiger partial charge is 0.467 e. The standard InChI is InChI=1S/C20H20ClN5O3S/c1-2-9-25-19(28)22-23-20(25)30-12-18(27)26-16(17-4-3-10-29-17)11-15(24-26)13-5-7-14(21)8-6-13/h3-8,10-11,16,24H,2,9,12H2,1H3,(H,22,28)/t16-/m1/s1. The normalized spacial score (nSPS) is 15.9. The Morgan fingerprint density at radius 2 is 2.10 bits per heavy atom. The molecular weight excluding hydrogens is 426 g/mol. The van der Waals surface area contributed by atoms with Crippen LogP contribution < -0.4 is 11.1 Å². The Morgan fingerprint density at radius 3 is 2.80 bits per heavy atom. The fraction of sp³-hybridized carbons (Fsp3) is 0.250. The van der Waals surface area contributed by atoms with E-state index in [2.05, 4.69) is 15.6 Å². The van der Waals surface area contributed by atoms with Gasteiger partial charge in [-0.3, -0.25) is 14.8 Å². The number of rotatable bonds is 7. The van der Waals surface area contributed by atoms with Gasteiger partial charge in [0.2, 0.25) is 0 Å². The summed E-state index contributed by atoms with van der Waals surface area (Å²) >= 11 is 7.21. The lowest BCUT2D eigenvalue weighted by Crippen LogP contribution is -2.40. The molecule has 2 N–H and O–H groups in total. The summed E-state index contributed by atoms with van der Waals surface area (Å²) in [6.07, 6.45) is 4.31. The van der Waals surface area contributed by atoms with Crippen LogP contribution in [-0.4, -0.2) is 31.4 Å². The van der Waals surface area contributed by atoms with Crippen LogP contribution in [0, 0.1) is 0 Å². The Hall–Kier alpha value is -2.91. The van der Waals surface area contributed by atoms with Crippen molar-refractivity contribution in [2.75, 3.05) is 5.75 Å². The van der Waals surface area contributed by atoms with Gasteiger partial charge in [0.1, 0.15) is 11.8 Å². The quantitative estimate of drug-likeness (QED) is 0.541. The number of hydrogen-bond donors (Lipinski definition) is 2. The summed E-state index contributed by atoms with van der Waals surface area (Å²) in [5, 5.41) is 9.13. The first-order chi connectivity index (χ1) is 14.6. The van der Waals surface area contributed by atoms with Crippen LogP contribution in [0.25, 0.3) is 5.70 Å². The summed E-state index contributed by atoms with van der Waals surface area (Å²) in [6.45, 7) is 2.52. The summed E-state index contributed by atoms with van der Waals surface area (Å²) in [5.41, 5.74) is 4.60. The van der Waals surface area contributed by atoms with Crippen molar-refractivity contribution in [2.45, 2.75) is 31.1 Å². The maximum absolute atomic E-state index is 13.1. The molecule has 8 nitrogen and oxygen atoms in total. The van der Waals surface area contributed by atoms with E-state index in [1.807, 2.05) is 31.2 Å². The number of hydrogen-bond acceptors (Lipinski definition) is 6. The molecule has 0 saturated carbocycles. The van der Waals surface area contributed by atoms with E-state index in [0.29, 0.717) is 22.5 Å². The third kappa shape index (κ3) is 4.17. The summed E-state index contributed by atoms with van der Waals surface area (Å²) < 4.78 is 7.09. The molecule has 0 radical (unpaired) electrons. The van der Waals surface area contributed by atoms with E-state index in [1.54, 1.807) is 24.5 Å². The molecule has 1 aliphatic heterocycles. The van der Waals surface area contributed by atoms with Gasteiger partial charge in [-0.25, -0.2) is 14.9 Å². The minimum Gasteiger partial charge on any atom is -0.467 e. The number of H-pyrrole nitrogens is 1. The first-order valence-corrected chi connectivity index (χ1v) is 10.8. The highest BCUT2D eigenvalue weighted by atomic mass is 35.5. The van der Waals surface area contributed by atoms with Crippen molar-refractivity contribution < 1.29 is 9.21 Å². The van der Waals surface area contributed by atoms with Crippen LogP contribution >= 0.6 is 23.4 Å². The van der Waals surface area contributed by atoms with Gasteiger partial charge < -0.3 is 4.42 Å². The SMILES string of the molecule is CCCn1c(SCC(=O)N2NC(c3ccc(Cl)cc3)=C[C@@H]2c2ccco2)n[nH]c1=O. The maximum Gasteiger partial charge on any atom is 0.343 e. The highest BCUT2D eigenvalue weighted by Gasteiger charge is 2.32. The molecule has 1 aliphatic rings. The van der Waals surface area contributed by atoms with Crippen LogP contribution in [0.2, 0.25) is 5.02 Å². The second-order valence-electron chi connectivity index (χ2n) is 6.67. The number of aromatic amines is 1. The second kappa shape index (κ2) is 8.85. The molecule has 0 saturated heterocycles. The molecule has 2 aromatic heterocycles. The third-order valence-electron chi connectivity index (χ3n) is 4.60. The number of aromatic nitrogens is 3. The van der Waals surface area contributed by atoms with Crippen LogP contribution in [0.5, 0.6) is 0 Å². The Bertz CT molecular complexity index is 1100. The van der Waals surface area contributed by atoms with Gasteiger partial charge in [-0.05, 0) is 42.3 Å². The number of nitrogens with one attached hydrogen (secondary N) is 2. The van der Waals surface area contributed by atoms with Crippen molar-refractivity contribution in [3.8, 4) is 0 Å². The van der Waals surface area contributed by atoms with Gasteiger partial charge in [0.05, 0.1) is 17.7 Å². The highest BCUT2D eigenvalue weighted by molar-refractivity contribution is 7.99. The van der Waals surface area contributed by atoms with Crippen LogP contribution in [0.15, 0.2) is 63.1 Å². The Morgan fingerprint density at radius 1 is 1.30 bits per heavy atom. The van der Waals surface area contributed by atoms with Crippen molar-refractivity contribution in [3.63, 3.8) is 0 Å². The van der Waals surface area contributed by atoms with E-state index < -0.39 is 6.04 Å². The number of carbonyl (C=O) groups excluding carboxylic acids is 1. The van der Waals surface area contributed by atoms with E-state index in [1.165, 1.54) is 21.3 Å². The van der Waals surface area contributed by atoms with Crippen molar-refractivity contribution >= 4 is 35.0 Å². The predicted octanol–water partition coefficient (Wildman–Crippen LogP) is 3.45. The number of halogens is 1. The number of hydrazine groups is 1. The summed E-state index contributed by atoms with van der Waals surface area (Å²) in [7, 11) is 0. The minimum atomic E-state index is -0.393. The topological polar surface area (TPSA) is 96.2 Å². The lowest BCUT2D eigenvalue weighted by molar-refractivity contribution is -0.131. The highest BCUT2D eigenvalue weighted by Crippen LogP contribution is 2.32. The average molecular weight is 446 g/mol. The van der Waals surface area contributed by atoms with Gasteiger partial charge in [-0.1, -0.05) is 42.4 Å². The zero-order valence-corrected chi connectivity index (χ0v) is 17.7. The summed E-state index contributed by atoms with van der Waals surface area (Å²) in [5.74, 6) is 0.590. The molecule has 1 amide bonds. The van der Waals surface area contributed by atoms with Crippen LogP contribution in [0.4, 0.5) is 0 Å². The average Bonchev–Trinajstić information content (AvgIpc) is 3.48. The minimum absolute atomic E-state index is 0.111. The second-order valence-corrected chi connectivity index (χ2v) is 8.05. The molecule has 3 aromatic rings. The fourth-order valence-electron chi connectivity index (χ4n) is 3.18. The molecule has 1 aromatic carbocycles. The molecule has 10 heteroatoms. The van der Waals surface area contributed by atoms with E-state index >= 15 is 0 Å². The number of thioether (sulfide) groups is 1. The maximum atomic E-state index is 13.1. The van der Waals surface area contributed by atoms with Gasteiger partial charge in [0, 0.05) is 11.6 Å². The van der Waals surface area contributed by atoms with Crippen molar-refractivity contribution in [2.24, 2.45) is 0 Å². The first-order valence-electron chi connectivity index (χ1n) is 9.44. The number of amides is 1. The van der Waals surface area contributed by atoms with Crippen molar-refractivity contribution in [3.05, 3.63) is 75.6 Å². The van der Waals surface area contributed by atoms with Crippen LogP contribution in [0.1, 0.15) is 30.7 Å². The lowest BCUT2D eigenvalue weighted by Gasteiger charge is -2.23. The molecule has 1 atom stereocenters. The predicted molar refractivity (Wildman–Crippen MR) is 115 cm³/mol. The summed E-state index contributed by atoms with van der Waals surface area (Å²) in [4.78, 5) is 24.9. The van der Waals surface area contributed by atoms with Crippen molar-refractivity contribution in [1.82, 2.24) is 25.2 Å². The molecule has 30 heavy (non-hydrogen) atoms. The number of nitrogens with zero attached hydrogens (tertiary/aromatic N) is 3. The van der Waals surface area contributed by atoms with Crippen LogP contribution in [0.3, 0.4) is 0 Å². The Balaban J connectivity index is 1.52. The zero-order valence-electron chi connectivity index (χ0n) is 16.2. The van der Waals surface area contributed by atoms with Gasteiger partial charge >= 0.3 is 5.69 Å². The van der Waals surface area contributed by atoms with Crippen LogP contribution in [-0.2, 0) is 11.3 Å². The smallest absolute Gasteiger partial charge is 0.343 e. The molecule has 4 rings (SSSR count). The Labute approximate surface area is 181 Å².